The summed E-state index contributed by atoms with van der Waals surface area (Å²) < 4.78 is 43.5. The van der Waals surface area contributed by atoms with Gasteiger partial charge in [-0.25, -0.2) is 0 Å². The van der Waals surface area contributed by atoms with Crippen molar-refractivity contribution in [3.8, 4) is 0 Å². The molecule has 0 unspecified atom stereocenters. The largest absolute Gasteiger partial charge is 1.00 e. The molecule has 1 N–H and O–H groups in total. The predicted molar refractivity (Wildman–Crippen MR) is 105 cm³/mol. The van der Waals surface area contributed by atoms with Gasteiger partial charge in [-0.2, -0.15) is 8.42 Å². The minimum Gasteiger partial charge on any atom is -1.00 e. The second-order valence-electron chi connectivity index (χ2n) is 7.13. The zero-order valence-electron chi connectivity index (χ0n) is 17.2. The molecular weight excluding hydrogens is 403 g/mol. The van der Waals surface area contributed by atoms with Gasteiger partial charge in [0, 0.05) is 5.92 Å². The Bertz CT molecular complexity index is 753. The molecule has 1 saturated carbocycles. The van der Waals surface area contributed by atoms with Crippen LogP contribution >= 0.6 is 0 Å². The van der Waals surface area contributed by atoms with Gasteiger partial charge in [0.1, 0.15) is 0 Å². The third-order valence-electron chi connectivity index (χ3n) is 5.11. The Morgan fingerprint density at radius 1 is 0.893 bits per heavy atom. The molecule has 0 amide bonds. The molecular formula is C21H27KO5S. The van der Waals surface area contributed by atoms with Crippen molar-refractivity contribution in [2.75, 3.05) is 13.2 Å². The normalized spacial score (nSPS) is 19.1. The summed E-state index contributed by atoms with van der Waals surface area (Å²) in [5, 5.41) is -0.645. The van der Waals surface area contributed by atoms with E-state index in [0.717, 1.165) is 11.1 Å². The van der Waals surface area contributed by atoms with Gasteiger partial charge in [-0.05, 0) is 29.9 Å². The van der Waals surface area contributed by atoms with Crippen LogP contribution in [-0.4, -0.2) is 31.4 Å². The molecule has 0 spiro atoms. The van der Waals surface area contributed by atoms with Crippen LogP contribution in [0, 0.1) is 11.8 Å². The minimum atomic E-state index is -3.94. The standard InChI is InChI=1S/C21H26O5S.K.H/c22-27(23,24)21-11-19(12-21)20(15-25-13-17-7-3-1-4-8-17)16-26-14-18-9-5-2-6-10-18;;/h1-10,19-21H,11-16H2,(H,22,23,24);;/q;+1;-1. The molecule has 2 aromatic rings. The molecule has 0 atom stereocenters. The van der Waals surface area contributed by atoms with Crippen molar-refractivity contribution in [1.29, 1.82) is 0 Å². The van der Waals surface area contributed by atoms with Crippen molar-refractivity contribution in [1.82, 2.24) is 0 Å². The Labute approximate surface area is 211 Å². The number of ether oxygens (including phenoxy) is 2. The van der Waals surface area contributed by atoms with Crippen LogP contribution in [0.5, 0.6) is 0 Å². The summed E-state index contributed by atoms with van der Waals surface area (Å²) in [6.45, 7) is 2.05. The molecule has 1 aliphatic carbocycles. The molecule has 5 nitrogen and oxygen atoms in total. The van der Waals surface area contributed by atoms with Crippen molar-refractivity contribution in [2.24, 2.45) is 11.8 Å². The molecule has 28 heavy (non-hydrogen) atoms. The summed E-state index contributed by atoms with van der Waals surface area (Å²) in [6.07, 6.45) is 0.930. The van der Waals surface area contributed by atoms with E-state index in [1.54, 1.807) is 0 Å². The second kappa shape index (κ2) is 11.9. The van der Waals surface area contributed by atoms with Crippen LogP contribution in [-0.2, 0) is 32.8 Å². The molecule has 1 fully saturated rings. The van der Waals surface area contributed by atoms with E-state index in [-0.39, 0.29) is 64.6 Å². The Morgan fingerprint density at radius 2 is 1.32 bits per heavy atom. The van der Waals surface area contributed by atoms with E-state index in [1.807, 2.05) is 60.7 Å². The third kappa shape index (κ3) is 7.63. The first kappa shape index (κ1) is 24.2. The van der Waals surface area contributed by atoms with E-state index >= 15 is 0 Å². The zero-order chi connectivity index (χ0) is 19.1. The van der Waals surface area contributed by atoms with Crippen LogP contribution < -0.4 is 51.4 Å². The Kier molecular flexibility index (Phi) is 10.3. The third-order valence-corrected chi connectivity index (χ3v) is 6.33. The number of benzene rings is 2. The molecule has 7 heteroatoms. The van der Waals surface area contributed by atoms with Crippen molar-refractivity contribution in [3.63, 3.8) is 0 Å². The van der Waals surface area contributed by atoms with Gasteiger partial charge in [0.15, 0.2) is 0 Å². The van der Waals surface area contributed by atoms with Crippen LogP contribution in [0.4, 0.5) is 0 Å². The summed E-state index contributed by atoms with van der Waals surface area (Å²) in [5.74, 6) is 0.291. The van der Waals surface area contributed by atoms with Crippen molar-refractivity contribution < 1.29 is 75.3 Å². The van der Waals surface area contributed by atoms with Crippen molar-refractivity contribution in [2.45, 2.75) is 31.3 Å². The molecule has 1 aliphatic rings. The Morgan fingerprint density at radius 3 is 1.71 bits per heavy atom. The van der Waals surface area contributed by atoms with Gasteiger partial charge in [0.25, 0.3) is 10.1 Å². The second-order valence-corrected chi connectivity index (χ2v) is 8.83. The first-order valence-electron chi connectivity index (χ1n) is 9.22. The van der Waals surface area contributed by atoms with Gasteiger partial charge in [-0.3, -0.25) is 4.55 Å². The number of hydrogen-bond donors (Lipinski definition) is 1. The summed E-state index contributed by atoms with van der Waals surface area (Å²) >= 11 is 0. The Balaban J connectivity index is 0.00000210. The van der Waals surface area contributed by atoms with Gasteiger partial charge in [0.05, 0.1) is 31.7 Å². The maximum atomic E-state index is 11.3. The molecule has 0 aromatic heterocycles. The molecule has 0 radical (unpaired) electrons. The zero-order valence-corrected chi connectivity index (χ0v) is 20.2. The molecule has 0 heterocycles. The van der Waals surface area contributed by atoms with Crippen LogP contribution in [0.2, 0.25) is 0 Å². The molecule has 2 aromatic carbocycles. The molecule has 0 bridgehead atoms. The van der Waals surface area contributed by atoms with Crippen molar-refractivity contribution >= 4 is 10.1 Å². The van der Waals surface area contributed by atoms with Crippen molar-refractivity contribution in [3.05, 3.63) is 71.8 Å². The van der Waals surface area contributed by atoms with Gasteiger partial charge < -0.3 is 10.9 Å². The van der Waals surface area contributed by atoms with E-state index in [4.69, 9.17) is 9.47 Å². The monoisotopic (exact) mass is 430 g/mol. The van der Waals surface area contributed by atoms with Gasteiger partial charge in [0.2, 0.25) is 0 Å². The quantitative estimate of drug-likeness (QED) is 0.446. The van der Waals surface area contributed by atoms with E-state index < -0.39 is 15.4 Å². The summed E-state index contributed by atoms with van der Waals surface area (Å²) in [7, 11) is -3.94. The van der Waals surface area contributed by atoms with Crippen LogP contribution in [0.1, 0.15) is 25.4 Å². The fourth-order valence-corrected chi connectivity index (χ4v) is 4.34. The maximum Gasteiger partial charge on any atom is 1.00 e. The minimum absolute atomic E-state index is 0. The summed E-state index contributed by atoms with van der Waals surface area (Å²) in [6, 6.07) is 19.9. The molecule has 3 rings (SSSR count). The van der Waals surface area contributed by atoms with Gasteiger partial charge in [-0.15, -0.1) is 0 Å². The van der Waals surface area contributed by atoms with Crippen LogP contribution in [0.3, 0.4) is 0 Å². The summed E-state index contributed by atoms with van der Waals surface area (Å²) in [4.78, 5) is 0. The van der Waals surface area contributed by atoms with E-state index in [9.17, 15) is 13.0 Å². The van der Waals surface area contributed by atoms with E-state index in [1.165, 1.54) is 0 Å². The average molecular weight is 431 g/mol. The van der Waals surface area contributed by atoms with E-state index in [2.05, 4.69) is 0 Å². The van der Waals surface area contributed by atoms with Crippen LogP contribution in [0.25, 0.3) is 0 Å². The SMILES string of the molecule is O=S(=O)(O)C1CC(C(COCc2ccccc2)COCc2ccccc2)C1.[H-].[K+]. The number of hydrogen-bond acceptors (Lipinski definition) is 4. The van der Waals surface area contributed by atoms with E-state index in [0.29, 0.717) is 39.3 Å². The fraction of sp³-hybridized carbons (Fsp3) is 0.429. The average Bonchev–Trinajstić information content (AvgIpc) is 2.61. The molecule has 148 valence electrons. The molecule has 0 saturated heterocycles. The molecule has 0 aliphatic heterocycles. The first-order chi connectivity index (χ1) is 13.0. The van der Waals surface area contributed by atoms with Gasteiger partial charge in [-0.1, -0.05) is 60.7 Å². The smallest absolute Gasteiger partial charge is 1.00 e. The predicted octanol–water partition coefficient (Wildman–Crippen LogP) is 0.819. The topological polar surface area (TPSA) is 72.8 Å². The number of rotatable bonds is 10. The first-order valence-corrected chi connectivity index (χ1v) is 10.7. The maximum absolute atomic E-state index is 11.3. The van der Waals surface area contributed by atoms with Gasteiger partial charge >= 0.3 is 51.4 Å². The Hall–Kier alpha value is -0.0936. The fourth-order valence-electron chi connectivity index (χ4n) is 3.36. The summed E-state index contributed by atoms with van der Waals surface area (Å²) in [5.41, 5.74) is 2.21. The van der Waals surface area contributed by atoms with Crippen LogP contribution in [0.15, 0.2) is 60.7 Å².